The van der Waals surface area contributed by atoms with E-state index in [0.29, 0.717) is 6.04 Å². The highest BCUT2D eigenvalue weighted by molar-refractivity contribution is 5.87. The number of nitrogens with one attached hydrogen (secondary N) is 2. The Balaban J connectivity index is 2.57. The molecule has 0 heterocycles. The Labute approximate surface area is 140 Å². The molecule has 5 heteroatoms. The van der Waals surface area contributed by atoms with Crippen LogP contribution in [-0.4, -0.2) is 35.6 Å². The van der Waals surface area contributed by atoms with Gasteiger partial charge in [0.05, 0.1) is 6.04 Å². The molecule has 1 aliphatic carbocycles. The minimum Gasteiger partial charge on any atom is -0.458 e. The summed E-state index contributed by atoms with van der Waals surface area (Å²) in [5.41, 5.74) is -0.555. The first-order valence-electron chi connectivity index (χ1n) is 8.89. The van der Waals surface area contributed by atoms with Gasteiger partial charge >= 0.3 is 5.97 Å². The van der Waals surface area contributed by atoms with E-state index in [4.69, 9.17) is 4.74 Å². The molecular weight excluding hydrogens is 292 g/mol. The molecule has 23 heavy (non-hydrogen) atoms. The first-order chi connectivity index (χ1) is 10.6. The van der Waals surface area contributed by atoms with Crippen LogP contribution in [0.4, 0.5) is 0 Å². The minimum absolute atomic E-state index is 0.0179. The van der Waals surface area contributed by atoms with Crippen LogP contribution < -0.4 is 10.6 Å². The van der Waals surface area contributed by atoms with Crippen molar-refractivity contribution in [2.75, 3.05) is 0 Å². The van der Waals surface area contributed by atoms with Crippen LogP contribution in [0.2, 0.25) is 0 Å². The molecule has 1 fully saturated rings. The molecule has 0 aromatic carbocycles. The van der Waals surface area contributed by atoms with Crippen LogP contribution in [0.5, 0.6) is 0 Å². The minimum atomic E-state index is -0.614. The molecule has 1 aliphatic rings. The Hall–Kier alpha value is -1.10. The Morgan fingerprint density at radius 2 is 1.61 bits per heavy atom. The van der Waals surface area contributed by atoms with Gasteiger partial charge in [-0.05, 0) is 46.5 Å². The zero-order valence-electron chi connectivity index (χ0n) is 15.6. The second-order valence-corrected chi connectivity index (χ2v) is 7.99. The van der Waals surface area contributed by atoms with E-state index in [9.17, 15) is 9.59 Å². The van der Waals surface area contributed by atoms with E-state index in [0.717, 1.165) is 12.8 Å². The lowest BCUT2D eigenvalue weighted by molar-refractivity contribution is -0.160. The summed E-state index contributed by atoms with van der Waals surface area (Å²) in [6, 6.07) is -0.511. The number of esters is 1. The normalized spacial score (nSPS) is 19.3. The van der Waals surface area contributed by atoms with E-state index in [-0.39, 0.29) is 23.8 Å². The zero-order chi connectivity index (χ0) is 17.6. The van der Waals surface area contributed by atoms with E-state index >= 15 is 0 Å². The van der Waals surface area contributed by atoms with Crippen molar-refractivity contribution in [1.29, 1.82) is 0 Å². The van der Waals surface area contributed by atoms with Gasteiger partial charge in [0.1, 0.15) is 11.6 Å². The molecule has 0 aliphatic heterocycles. The number of amides is 1. The van der Waals surface area contributed by atoms with Gasteiger partial charge in [0.2, 0.25) is 5.91 Å². The third-order valence-electron chi connectivity index (χ3n) is 4.11. The van der Waals surface area contributed by atoms with Gasteiger partial charge in [0.25, 0.3) is 0 Å². The number of hydrogen-bond donors (Lipinski definition) is 2. The monoisotopic (exact) mass is 326 g/mol. The lowest BCUT2D eigenvalue weighted by Gasteiger charge is -2.29. The van der Waals surface area contributed by atoms with E-state index in [1.165, 1.54) is 19.3 Å². The second kappa shape index (κ2) is 8.67. The first-order valence-corrected chi connectivity index (χ1v) is 8.89. The maximum Gasteiger partial charge on any atom is 0.329 e. The van der Waals surface area contributed by atoms with Gasteiger partial charge in [-0.2, -0.15) is 0 Å². The van der Waals surface area contributed by atoms with Gasteiger partial charge in [-0.3, -0.25) is 4.79 Å². The molecule has 0 aromatic rings. The lowest BCUT2D eigenvalue weighted by atomic mass is 9.95. The Kier molecular flexibility index (Phi) is 7.52. The molecule has 0 radical (unpaired) electrons. The van der Waals surface area contributed by atoms with Gasteiger partial charge in [0.15, 0.2) is 0 Å². The molecule has 0 spiro atoms. The molecular formula is C18H34N2O3. The van der Waals surface area contributed by atoms with Gasteiger partial charge in [-0.25, -0.2) is 4.79 Å². The molecule has 0 saturated heterocycles. The van der Waals surface area contributed by atoms with Crippen molar-refractivity contribution >= 4 is 11.9 Å². The van der Waals surface area contributed by atoms with Crippen LogP contribution in [-0.2, 0) is 14.3 Å². The molecule has 0 unspecified atom stereocenters. The van der Waals surface area contributed by atoms with Crippen molar-refractivity contribution in [2.24, 2.45) is 5.92 Å². The molecule has 5 nitrogen and oxygen atoms in total. The summed E-state index contributed by atoms with van der Waals surface area (Å²) in [5, 5.41) is 6.24. The molecule has 2 atom stereocenters. The van der Waals surface area contributed by atoms with Crippen molar-refractivity contribution < 1.29 is 14.3 Å². The fraction of sp³-hybridized carbons (Fsp3) is 0.889. The van der Waals surface area contributed by atoms with Crippen LogP contribution in [0.25, 0.3) is 0 Å². The molecule has 0 aromatic heterocycles. The maximum atomic E-state index is 12.4. The molecule has 2 N–H and O–H groups in total. The SMILES string of the molecule is CC(C)[C@H](NC(=O)[C@H](C)NC1CCCCC1)C(=O)OC(C)(C)C. The molecule has 1 amide bonds. The maximum absolute atomic E-state index is 12.4. The van der Waals surface area contributed by atoms with Gasteiger partial charge in [-0.15, -0.1) is 0 Å². The van der Waals surface area contributed by atoms with Crippen molar-refractivity contribution in [3.8, 4) is 0 Å². The fourth-order valence-electron chi connectivity index (χ4n) is 2.84. The quantitative estimate of drug-likeness (QED) is 0.737. The van der Waals surface area contributed by atoms with Gasteiger partial charge in [-0.1, -0.05) is 33.1 Å². The Bertz CT molecular complexity index is 396. The van der Waals surface area contributed by atoms with Crippen molar-refractivity contribution in [2.45, 2.75) is 97.4 Å². The van der Waals surface area contributed by atoms with Crippen LogP contribution in [0, 0.1) is 5.92 Å². The van der Waals surface area contributed by atoms with Crippen molar-refractivity contribution in [3.05, 3.63) is 0 Å². The number of carbonyl (C=O) groups excluding carboxylic acids is 2. The number of carbonyl (C=O) groups is 2. The zero-order valence-corrected chi connectivity index (χ0v) is 15.6. The summed E-state index contributed by atoms with van der Waals surface area (Å²) in [5.74, 6) is -0.526. The number of rotatable bonds is 6. The number of hydrogen-bond acceptors (Lipinski definition) is 4. The first kappa shape index (κ1) is 19.9. The summed E-state index contributed by atoms with van der Waals surface area (Å²) >= 11 is 0. The van der Waals surface area contributed by atoms with Crippen LogP contribution in [0.15, 0.2) is 0 Å². The average Bonchev–Trinajstić information content (AvgIpc) is 2.43. The molecule has 1 rings (SSSR count). The predicted molar refractivity (Wildman–Crippen MR) is 92.1 cm³/mol. The third kappa shape index (κ3) is 7.34. The Morgan fingerprint density at radius 1 is 1.04 bits per heavy atom. The van der Waals surface area contributed by atoms with Crippen molar-refractivity contribution in [1.82, 2.24) is 10.6 Å². The summed E-state index contributed by atoms with van der Waals surface area (Å²) < 4.78 is 5.42. The summed E-state index contributed by atoms with van der Waals surface area (Å²) in [7, 11) is 0. The Morgan fingerprint density at radius 3 is 2.09 bits per heavy atom. The third-order valence-corrected chi connectivity index (χ3v) is 4.11. The highest BCUT2D eigenvalue weighted by atomic mass is 16.6. The van der Waals surface area contributed by atoms with E-state index in [2.05, 4.69) is 10.6 Å². The predicted octanol–water partition coefficient (Wildman–Crippen LogP) is 2.78. The van der Waals surface area contributed by atoms with E-state index in [1.807, 2.05) is 41.5 Å². The van der Waals surface area contributed by atoms with Crippen LogP contribution >= 0.6 is 0 Å². The highest BCUT2D eigenvalue weighted by Gasteiger charge is 2.30. The number of ether oxygens (including phenoxy) is 1. The topological polar surface area (TPSA) is 67.4 Å². The van der Waals surface area contributed by atoms with Crippen LogP contribution in [0.3, 0.4) is 0 Å². The molecule has 0 bridgehead atoms. The largest absolute Gasteiger partial charge is 0.458 e. The lowest BCUT2D eigenvalue weighted by Crippen LogP contribution is -2.54. The molecule has 1 saturated carbocycles. The van der Waals surface area contributed by atoms with E-state index < -0.39 is 11.6 Å². The van der Waals surface area contributed by atoms with Crippen LogP contribution in [0.1, 0.15) is 73.6 Å². The summed E-state index contributed by atoms with van der Waals surface area (Å²) in [6.45, 7) is 11.2. The highest BCUT2D eigenvalue weighted by Crippen LogP contribution is 2.18. The van der Waals surface area contributed by atoms with E-state index in [1.54, 1.807) is 0 Å². The second-order valence-electron chi connectivity index (χ2n) is 7.99. The fourth-order valence-corrected chi connectivity index (χ4v) is 2.84. The van der Waals surface area contributed by atoms with Crippen molar-refractivity contribution in [3.63, 3.8) is 0 Å². The summed E-state index contributed by atoms with van der Waals surface area (Å²) in [4.78, 5) is 24.7. The van der Waals surface area contributed by atoms with Gasteiger partial charge in [0, 0.05) is 6.04 Å². The standard InChI is InChI=1S/C18H34N2O3/c1-12(2)15(17(22)23-18(4,5)6)20-16(21)13(3)19-14-10-8-7-9-11-14/h12-15,19H,7-11H2,1-6H3,(H,20,21)/t13-,15-/m0/s1. The smallest absolute Gasteiger partial charge is 0.329 e. The molecule has 134 valence electrons. The van der Waals surface area contributed by atoms with Gasteiger partial charge < -0.3 is 15.4 Å². The average molecular weight is 326 g/mol. The summed E-state index contributed by atoms with van der Waals surface area (Å²) in [6.07, 6.45) is 5.97.